The summed E-state index contributed by atoms with van der Waals surface area (Å²) in [7, 11) is 0. The van der Waals surface area contributed by atoms with Crippen LogP contribution in [0.5, 0.6) is 0 Å². The van der Waals surface area contributed by atoms with Crippen LogP contribution in [-0.4, -0.2) is 15.2 Å². The average Bonchev–Trinajstić information content (AvgIpc) is 3.12. The molecule has 0 atom stereocenters. The summed E-state index contributed by atoms with van der Waals surface area (Å²) in [5.74, 6) is 0.683. The van der Waals surface area contributed by atoms with Crippen LogP contribution in [0.3, 0.4) is 0 Å². The molecule has 8 heteroatoms. The Morgan fingerprint density at radius 3 is 2.75 bits per heavy atom. The SMILES string of the molecule is CC1(C)Cc2c(sc3nc(SCc4ccc(Cl)c(Cl)c4)n(C4CCCCC4)c(=O)c23)CO1. The Balaban J connectivity index is 1.59. The second-order valence-electron chi connectivity index (χ2n) is 9.31. The molecule has 1 aromatic carbocycles. The lowest BCUT2D eigenvalue weighted by Gasteiger charge is -2.30. The van der Waals surface area contributed by atoms with E-state index in [-0.39, 0.29) is 17.2 Å². The Bertz CT molecular complexity index is 1230. The molecule has 4 nitrogen and oxygen atoms in total. The number of thiophene rings is 1. The number of hydrogen-bond donors (Lipinski definition) is 0. The molecule has 0 saturated heterocycles. The van der Waals surface area contributed by atoms with Crippen molar-refractivity contribution in [3.63, 3.8) is 0 Å². The van der Waals surface area contributed by atoms with Crippen LogP contribution in [0.1, 0.15) is 68.0 Å². The predicted molar refractivity (Wildman–Crippen MR) is 135 cm³/mol. The first-order valence-electron chi connectivity index (χ1n) is 11.1. The van der Waals surface area contributed by atoms with Crippen LogP contribution < -0.4 is 5.56 Å². The normalized spacial score (nSPS) is 18.8. The van der Waals surface area contributed by atoms with Crippen molar-refractivity contribution in [3.8, 4) is 0 Å². The molecule has 2 aliphatic rings. The van der Waals surface area contributed by atoms with Crippen LogP contribution in [0.15, 0.2) is 28.2 Å². The molecule has 0 radical (unpaired) electrons. The van der Waals surface area contributed by atoms with Crippen molar-refractivity contribution >= 4 is 56.5 Å². The fraction of sp³-hybridized carbons (Fsp3) is 0.500. The number of benzene rings is 1. The lowest BCUT2D eigenvalue weighted by Crippen LogP contribution is -2.33. The molecule has 3 heterocycles. The fourth-order valence-corrected chi connectivity index (χ4v) is 7.20. The first-order chi connectivity index (χ1) is 15.3. The molecule has 1 saturated carbocycles. The monoisotopic (exact) mass is 508 g/mol. The summed E-state index contributed by atoms with van der Waals surface area (Å²) < 4.78 is 8.01. The van der Waals surface area contributed by atoms with E-state index in [1.165, 1.54) is 6.42 Å². The summed E-state index contributed by atoms with van der Waals surface area (Å²) in [6, 6.07) is 5.90. The first-order valence-corrected chi connectivity index (χ1v) is 13.7. The molecule has 0 unspecified atom stereocenters. The van der Waals surface area contributed by atoms with Crippen LogP contribution in [0.2, 0.25) is 10.0 Å². The lowest BCUT2D eigenvalue weighted by atomic mass is 9.93. The van der Waals surface area contributed by atoms with Gasteiger partial charge in [-0.2, -0.15) is 0 Å². The van der Waals surface area contributed by atoms with E-state index in [0.29, 0.717) is 22.4 Å². The van der Waals surface area contributed by atoms with Crippen LogP contribution in [-0.2, 0) is 23.5 Å². The predicted octanol–water partition coefficient (Wildman–Crippen LogP) is 7.41. The minimum atomic E-state index is -0.260. The Hall–Kier alpha value is -1.05. The minimum absolute atomic E-state index is 0.119. The van der Waals surface area contributed by atoms with Crippen molar-refractivity contribution in [1.29, 1.82) is 0 Å². The summed E-state index contributed by atoms with van der Waals surface area (Å²) in [5, 5.41) is 2.71. The zero-order chi connectivity index (χ0) is 22.5. The van der Waals surface area contributed by atoms with E-state index >= 15 is 0 Å². The van der Waals surface area contributed by atoms with Crippen molar-refractivity contribution < 1.29 is 4.74 Å². The maximum absolute atomic E-state index is 13.9. The molecule has 170 valence electrons. The average molecular weight is 510 g/mol. The van der Waals surface area contributed by atoms with Gasteiger partial charge in [-0.3, -0.25) is 9.36 Å². The van der Waals surface area contributed by atoms with Gasteiger partial charge in [-0.05, 0) is 49.9 Å². The van der Waals surface area contributed by atoms with Gasteiger partial charge in [0.2, 0.25) is 0 Å². The topological polar surface area (TPSA) is 44.1 Å². The van der Waals surface area contributed by atoms with Gasteiger partial charge in [0.15, 0.2) is 5.16 Å². The zero-order valence-corrected chi connectivity index (χ0v) is 21.4. The van der Waals surface area contributed by atoms with Crippen LogP contribution in [0.25, 0.3) is 10.2 Å². The van der Waals surface area contributed by atoms with Gasteiger partial charge in [0.1, 0.15) is 4.83 Å². The highest BCUT2D eigenvalue weighted by atomic mass is 35.5. The summed E-state index contributed by atoms with van der Waals surface area (Å²) in [6.07, 6.45) is 6.39. The van der Waals surface area contributed by atoms with Crippen molar-refractivity contribution in [2.45, 2.75) is 81.5 Å². The van der Waals surface area contributed by atoms with Crippen LogP contribution >= 0.6 is 46.3 Å². The summed E-state index contributed by atoms with van der Waals surface area (Å²) in [5.41, 5.74) is 2.07. The Morgan fingerprint density at radius 1 is 1.22 bits per heavy atom. The minimum Gasteiger partial charge on any atom is -0.370 e. The number of thioether (sulfide) groups is 1. The molecule has 1 aliphatic heterocycles. The Morgan fingerprint density at radius 2 is 2.00 bits per heavy atom. The van der Waals surface area contributed by atoms with E-state index in [1.807, 2.05) is 22.8 Å². The van der Waals surface area contributed by atoms with Crippen LogP contribution in [0, 0.1) is 0 Å². The molecule has 0 amide bonds. The van der Waals surface area contributed by atoms with E-state index in [4.69, 9.17) is 32.9 Å². The second-order valence-corrected chi connectivity index (χ2v) is 12.1. The number of hydrogen-bond acceptors (Lipinski definition) is 5. The van der Waals surface area contributed by atoms with Gasteiger partial charge >= 0.3 is 0 Å². The number of aromatic nitrogens is 2. The van der Waals surface area contributed by atoms with Crippen molar-refractivity contribution in [2.75, 3.05) is 0 Å². The largest absolute Gasteiger partial charge is 0.370 e. The van der Waals surface area contributed by atoms with E-state index in [2.05, 4.69) is 13.8 Å². The smallest absolute Gasteiger partial charge is 0.263 e. The Labute approximate surface area is 206 Å². The number of nitrogens with zero attached hydrogens (tertiary/aromatic N) is 2. The third-order valence-electron chi connectivity index (χ3n) is 6.40. The third-order valence-corrected chi connectivity index (χ3v) is 9.26. The lowest BCUT2D eigenvalue weighted by molar-refractivity contribution is -0.0379. The quantitative estimate of drug-likeness (QED) is 0.271. The fourth-order valence-electron chi connectivity index (χ4n) is 4.73. The van der Waals surface area contributed by atoms with E-state index in [0.717, 1.165) is 63.5 Å². The number of halogens is 2. The zero-order valence-electron chi connectivity index (χ0n) is 18.2. The summed E-state index contributed by atoms with van der Waals surface area (Å²) >= 11 is 15.5. The second kappa shape index (κ2) is 8.95. The van der Waals surface area contributed by atoms with Gasteiger partial charge in [0.05, 0.1) is 27.6 Å². The molecular formula is C24H26Cl2N2O2S2. The van der Waals surface area contributed by atoms with Crippen molar-refractivity contribution in [2.24, 2.45) is 0 Å². The van der Waals surface area contributed by atoms with Gasteiger partial charge in [0, 0.05) is 23.1 Å². The van der Waals surface area contributed by atoms with Gasteiger partial charge in [0.25, 0.3) is 5.56 Å². The molecule has 1 fully saturated rings. The molecule has 0 N–H and O–H groups in total. The van der Waals surface area contributed by atoms with Gasteiger partial charge in [-0.1, -0.05) is 60.3 Å². The van der Waals surface area contributed by atoms with Crippen molar-refractivity contribution in [3.05, 3.63) is 54.6 Å². The molecule has 0 spiro atoms. The summed E-state index contributed by atoms with van der Waals surface area (Å²) in [4.78, 5) is 21.0. The van der Waals surface area contributed by atoms with Gasteiger partial charge in [-0.15, -0.1) is 11.3 Å². The number of fused-ring (bicyclic) bond motifs is 3. The van der Waals surface area contributed by atoms with Crippen molar-refractivity contribution in [1.82, 2.24) is 9.55 Å². The molecule has 32 heavy (non-hydrogen) atoms. The van der Waals surface area contributed by atoms with Gasteiger partial charge < -0.3 is 4.74 Å². The Kier molecular flexibility index (Phi) is 6.36. The molecule has 0 bridgehead atoms. The maximum Gasteiger partial charge on any atom is 0.263 e. The molecule has 5 rings (SSSR count). The number of ether oxygens (including phenoxy) is 1. The van der Waals surface area contributed by atoms with Crippen LogP contribution in [0.4, 0.5) is 0 Å². The molecule has 3 aromatic rings. The van der Waals surface area contributed by atoms with E-state index < -0.39 is 0 Å². The molecule has 2 aromatic heterocycles. The van der Waals surface area contributed by atoms with E-state index in [1.54, 1.807) is 23.1 Å². The molecular weight excluding hydrogens is 483 g/mol. The highest BCUT2D eigenvalue weighted by molar-refractivity contribution is 7.98. The highest BCUT2D eigenvalue weighted by Gasteiger charge is 2.32. The standard InChI is InChI=1S/C24H26Cl2N2O2S2/c1-24(2)11-16-19(12-30-24)32-21-20(16)22(29)28(15-6-4-3-5-7-15)23(27-21)31-13-14-8-9-17(25)18(26)10-14/h8-10,15H,3-7,11-13H2,1-2H3. The summed E-state index contributed by atoms with van der Waals surface area (Å²) in [6.45, 7) is 4.74. The molecule has 1 aliphatic carbocycles. The highest BCUT2D eigenvalue weighted by Crippen LogP contribution is 2.39. The number of rotatable bonds is 4. The maximum atomic E-state index is 13.9. The first kappa shape index (κ1) is 22.7. The van der Waals surface area contributed by atoms with Gasteiger partial charge in [-0.25, -0.2) is 4.98 Å². The van der Waals surface area contributed by atoms with E-state index in [9.17, 15) is 4.79 Å². The third kappa shape index (κ3) is 4.37.